The zero-order valence-electron chi connectivity index (χ0n) is 13.2. The van der Waals surface area contributed by atoms with Crippen molar-refractivity contribution in [2.24, 2.45) is 0 Å². The summed E-state index contributed by atoms with van der Waals surface area (Å²) in [6.45, 7) is 9.03. The van der Waals surface area contributed by atoms with Gasteiger partial charge in [-0.3, -0.25) is 4.98 Å². The highest BCUT2D eigenvalue weighted by Gasteiger charge is 2.17. The van der Waals surface area contributed by atoms with E-state index in [9.17, 15) is 4.39 Å². The van der Waals surface area contributed by atoms with Gasteiger partial charge in [0.1, 0.15) is 5.82 Å². The summed E-state index contributed by atoms with van der Waals surface area (Å²) in [7, 11) is 0. The van der Waals surface area contributed by atoms with E-state index in [0.29, 0.717) is 0 Å². The third-order valence-electron chi connectivity index (χ3n) is 3.59. The van der Waals surface area contributed by atoms with Gasteiger partial charge in [-0.25, -0.2) is 4.39 Å². The maximum atomic E-state index is 13.7. The molecule has 0 spiro atoms. The molecule has 0 aliphatic rings. The van der Waals surface area contributed by atoms with Crippen LogP contribution in [0, 0.1) is 26.6 Å². The summed E-state index contributed by atoms with van der Waals surface area (Å²) >= 11 is 0. The number of aromatic nitrogens is 1. The van der Waals surface area contributed by atoms with E-state index in [1.54, 1.807) is 6.07 Å². The summed E-state index contributed by atoms with van der Waals surface area (Å²) in [5.41, 5.74) is 5.21. The van der Waals surface area contributed by atoms with Gasteiger partial charge in [0.15, 0.2) is 0 Å². The molecule has 0 fully saturated rings. The van der Waals surface area contributed by atoms with Crippen molar-refractivity contribution in [1.82, 2.24) is 10.3 Å². The fourth-order valence-electron chi connectivity index (χ4n) is 2.65. The molecule has 1 N–H and O–H groups in total. The predicted octanol–water partition coefficient (Wildman–Crippen LogP) is 4.23. The summed E-state index contributed by atoms with van der Waals surface area (Å²) in [4.78, 5) is 4.43. The Kier molecular flexibility index (Phi) is 5.07. The quantitative estimate of drug-likeness (QED) is 0.889. The second-order valence-corrected chi connectivity index (χ2v) is 5.57. The molecule has 3 heteroatoms. The molecule has 0 radical (unpaired) electrons. The molecular weight excluding hydrogens is 263 g/mol. The van der Waals surface area contributed by atoms with Crippen LogP contribution in [0.15, 0.2) is 30.3 Å². The number of pyridine rings is 1. The molecule has 1 aromatic carbocycles. The van der Waals surface area contributed by atoms with Crippen molar-refractivity contribution in [3.8, 4) is 0 Å². The summed E-state index contributed by atoms with van der Waals surface area (Å²) in [6, 6.07) is 9.13. The Balaban J connectivity index is 2.49. The van der Waals surface area contributed by atoms with Crippen molar-refractivity contribution in [3.63, 3.8) is 0 Å². The molecule has 2 nitrogen and oxygen atoms in total. The van der Waals surface area contributed by atoms with Crippen LogP contribution < -0.4 is 5.32 Å². The van der Waals surface area contributed by atoms with Crippen molar-refractivity contribution < 1.29 is 4.39 Å². The first-order chi connectivity index (χ1) is 10.0. The summed E-state index contributed by atoms with van der Waals surface area (Å²) in [6.07, 6.45) is 1.04. The lowest BCUT2D eigenvalue weighted by atomic mass is 9.94. The van der Waals surface area contributed by atoms with Crippen LogP contribution >= 0.6 is 0 Å². The van der Waals surface area contributed by atoms with Crippen LogP contribution in [0.4, 0.5) is 4.39 Å². The average molecular weight is 286 g/mol. The molecule has 0 bridgehead atoms. The Bertz CT molecular complexity index is 602. The maximum Gasteiger partial charge on any atom is 0.123 e. The Labute approximate surface area is 126 Å². The molecule has 112 valence electrons. The van der Waals surface area contributed by atoms with Crippen molar-refractivity contribution in [1.29, 1.82) is 0 Å². The van der Waals surface area contributed by atoms with Crippen molar-refractivity contribution >= 4 is 0 Å². The fourth-order valence-corrected chi connectivity index (χ4v) is 2.65. The molecule has 1 heterocycles. The minimum Gasteiger partial charge on any atom is -0.306 e. The lowest BCUT2D eigenvalue weighted by molar-refractivity contribution is 0.582. The second kappa shape index (κ2) is 6.81. The number of halogens is 1. The highest BCUT2D eigenvalue weighted by atomic mass is 19.1. The number of rotatable bonds is 5. The van der Waals surface area contributed by atoms with E-state index in [0.717, 1.165) is 41.0 Å². The predicted molar refractivity (Wildman–Crippen MR) is 85.0 cm³/mol. The fraction of sp³-hybridized carbons (Fsp3) is 0.389. The van der Waals surface area contributed by atoms with Gasteiger partial charge in [0.05, 0.1) is 6.04 Å². The first-order valence-corrected chi connectivity index (χ1v) is 7.46. The topological polar surface area (TPSA) is 24.9 Å². The highest BCUT2D eigenvalue weighted by molar-refractivity contribution is 5.38. The average Bonchev–Trinajstić information content (AvgIpc) is 2.42. The second-order valence-electron chi connectivity index (χ2n) is 5.57. The Morgan fingerprint density at radius 2 is 1.76 bits per heavy atom. The van der Waals surface area contributed by atoms with E-state index < -0.39 is 0 Å². The monoisotopic (exact) mass is 286 g/mol. The lowest BCUT2D eigenvalue weighted by Gasteiger charge is -2.22. The van der Waals surface area contributed by atoms with Crippen LogP contribution in [0.3, 0.4) is 0 Å². The van der Waals surface area contributed by atoms with Gasteiger partial charge in [-0.15, -0.1) is 0 Å². The zero-order chi connectivity index (χ0) is 15.4. The smallest absolute Gasteiger partial charge is 0.123 e. The van der Waals surface area contributed by atoms with Gasteiger partial charge in [-0.1, -0.05) is 13.0 Å². The van der Waals surface area contributed by atoms with Gasteiger partial charge in [0.2, 0.25) is 0 Å². The van der Waals surface area contributed by atoms with Crippen LogP contribution in [0.25, 0.3) is 0 Å². The van der Waals surface area contributed by atoms with E-state index in [4.69, 9.17) is 0 Å². The van der Waals surface area contributed by atoms with Gasteiger partial charge >= 0.3 is 0 Å². The third-order valence-corrected chi connectivity index (χ3v) is 3.59. The van der Waals surface area contributed by atoms with Crippen molar-refractivity contribution in [2.75, 3.05) is 6.54 Å². The van der Waals surface area contributed by atoms with Crippen LogP contribution in [0.2, 0.25) is 0 Å². The van der Waals surface area contributed by atoms with E-state index >= 15 is 0 Å². The van der Waals surface area contributed by atoms with Gasteiger partial charge in [-0.05, 0) is 74.7 Å². The van der Waals surface area contributed by atoms with E-state index in [-0.39, 0.29) is 11.9 Å². The Morgan fingerprint density at radius 3 is 2.38 bits per heavy atom. The Morgan fingerprint density at radius 1 is 1.10 bits per heavy atom. The van der Waals surface area contributed by atoms with Gasteiger partial charge in [-0.2, -0.15) is 0 Å². The normalized spacial score (nSPS) is 12.4. The molecule has 0 aliphatic carbocycles. The Hall–Kier alpha value is -1.74. The molecule has 0 saturated heterocycles. The van der Waals surface area contributed by atoms with Crippen molar-refractivity contribution in [2.45, 2.75) is 40.2 Å². The van der Waals surface area contributed by atoms with Gasteiger partial charge < -0.3 is 5.32 Å². The molecular formula is C18H23FN2. The van der Waals surface area contributed by atoms with Crippen LogP contribution in [-0.4, -0.2) is 11.5 Å². The minimum absolute atomic E-state index is 0.000972. The molecule has 2 aromatic rings. The van der Waals surface area contributed by atoms with E-state index in [1.807, 2.05) is 26.8 Å². The van der Waals surface area contributed by atoms with Gasteiger partial charge in [0, 0.05) is 11.4 Å². The standard InChI is InChI=1S/C18H23FN2/c1-5-8-20-18(15-9-13(3)21-14(4)10-15)17-11-16(19)7-6-12(17)2/h6-7,9-11,18,20H,5,8H2,1-4H3. The highest BCUT2D eigenvalue weighted by Crippen LogP contribution is 2.26. The van der Waals surface area contributed by atoms with Crippen LogP contribution in [0.5, 0.6) is 0 Å². The molecule has 0 aliphatic heterocycles. The molecule has 1 unspecified atom stereocenters. The third kappa shape index (κ3) is 3.88. The van der Waals surface area contributed by atoms with E-state index in [1.165, 1.54) is 6.07 Å². The number of nitrogens with zero attached hydrogens (tertiary/aromatic N) is 1. The summed E-state index contributed by atoms with van der Waals surface area (Å²) < 4.78 is 13.7. The number of hydrogen-bond acceptors (Lipinski definition) is 2. The molecule has 0 amide bonds. The number of benzene rings is 1. The van der Waals surface area contributed by atoms with Crippen LogP contribution in [-0.2, 0) is 0 Å². The summed E-state index contributed by atoms with van der Waals surface area (Å²) in [5, 5.41) is 3.53. The lowest BCUT2D eigenvalue weighted by Crippen LogP contribution is -2.24. The molecule has 21 heavy (non-hydrogen) atoms. The molecule has 1 atom stereocenters. The first-order valence-electron chi connectivity index (χ1n) is 7.46. The maximum absolute atomic E-state index is 13.7. The first kappa shape index (κ1) is 15.6. The SMILES string of the molecule is CCCNC(c1cc(C)nc(C)c1)c1cc(F)ccc1C. The largest absolute Gasteiger partial charge is 0.306 e. The minimum atomic E-state index is -0.193. The van der Waals surface area contributed by atoms with Gasteiger partial charge in [0.25, 0.3) is 0 Å². The molecule has 1 aromatic heterocycles. The zero-order valence-corrected chi connectivity index (χ0v) is 13.2. The molecule has 2 rings (SSSR count). The molecule has 0 saturated carbocycles. The summed E-state index contributed by atoms with van der Waals surface area (Å²) in [5.74, 6) is -0.193. The van der Waals surface area contributed by atoms with Crippen molar-refractivity contribution in [3.05, 3.63) is 64.2 Å². The number of hydrogen-bond donors (Lipinski definition) is 1. The number of nitrogens with one attached hydrogen (secondary N) is 1. The number of aryl methyl sites for hydroxylation is 3. The van der Waals surface area contributed by atoms with Crippen LogP contribution in [0.1, 0.15) is 47.5 Å². The van der Waals surface area contributed by atoms with E-state index in [2.05, 4.69) is 29.4 Å².